The molecule has 1 aromatic carbocycles. The zero-order valence-electron chi connectivity index (χ0n) is 12.5. The summed E-state index contributed by atoms with van der Waals surface area (Å²) < 4.78 is 15.4. The van der Waals surface area contributed by atoms with Crippen LogP contribution in [0.2, 0.25) is 0 Å². The van der Waals surface area contributed by atoms with Crippen LogP contribution in [-0.2, 0) is 6.54 Å². The summed E-state index contributed by atoms with van der Waals surface area (Å²) in [4.78, 5) is 4.61. The first-order valence-corrected chi connectivity index (χ1v) is 7.05. The maximum Gasteiger partial charge on any atom is 0.140 e. The van der Waals surface area contributed by atoms with E-state index in [1.54, 1.807) is 6.07 Å². The summed E-state index contributed by atoms with van der Waals surface area (Å²) in [6, 6.07) is 6.22. The Morgan fingerprint density at radius 2 is 2.14 bits per heavy atom. The van der Waals surface area contributed by atoms with E-state index >= 15 is 0 Å². The molecule has 0 aliphatic carbocycles. The van der Waals surface area contributed by atoms with Crippen molar-refractivity contribution < 1.29 is 4.39 Å². The number of nitrogen functional groups attached to an aromatic ring is 1. The molecule has 2 rings (SSSR count). The third-order valence-electron chi connectivity index (χ3n) is 3.36. The Bertz CT molecular complexity index is 695. The molecule has 5 heteroatoms. The Morgan fingerprint density at radius 3 is 2.71 bits per heavy atom. The van der Waals surface area contributed by atoms with Crippen LogP contribution in [0.5, 0.6) is 0 Å². The first-order valence-electron chi connectivity index (χ1n) is 7.05. The molecule has 0 aliphatic rings. The number of hydrogen-bond acceptors (Lipinski definition) is 3. The van der Waals surface area contributed by atoms with Crippen molar-refractivity contribution in [1.29, 1.82) is 5.26 Å². The van der Waals surface area contributed by atoms with Crippen molar-refractivity contribution in [3.63, 3.8) is 0 Å². The predicted molar refractivity (Wildman–Crippen MR) is 81.1 cm³/mol. The lowest BCUT2D eigenvalue weighted by Gasteiger charge is -2.10. The molecule has 0 fully saturated rings. The highest BCUT2D eigenvalue weighted by Crippen LogP contribution is 2.30. The Morgan fingerprint density at radius 1 is 1.43 bits per heavy atom. The summed E-state index contributed by atoms with van der Waals surface area (Å²) in [6.45, 7) is 6.99. The molecule has 110 valence electrons. The SMILES string of the molecule is CCCn1c(C(C)C)nc(-c2ccc(F)c(C#N)c2)c1N. The number of aromatic nitrogens is 2. The maximum atomic E-state index is 13.4. The molecular formula is C16H19FN4. The Hall–Kier alpha value is -2.35. The van der Waals surface area contributed by atoms with Crippen LogP contribution in [0.4, 0.5) is 10.2 Å². The summed E-state index contributed by atoms with van der Waals surface area (Å²) in [5, 5.41) is 8.94. The second kappa shape index (κ2) is 5.96. The van der Waals surface area contributed by atoms with E-state index in [-0.39, 0.29) is 11.5 Å². The fourth-order valence-electron chi connectivity index (χ4n) is 2.35. The van der Waals surface area contributed by atoms with E-state index in [0.29, 0.717) is 17.1 Å². The number of imidazole rings is 1. The van der Waals surface area contributed by atoms with Crippen molar-refractivity contribution >= 4 is 5.82 Å². The van der Waals surface area contributed by atoms with E-state index < -0.39 is 5.82 Å². The van der Waals surface area contributed by atoms with Crippen molar-refractivity contribution in [2.45, 2.75) is 39.7 Å². The van der Waals surface area contributed by atoms with Gasteiger partial charge in [-0.3, -0.25) is 0 Å². The van der Waals surface area contributed by atoms with Crippen LogP contribution in [0, 0.1) is 17.1 Å². The molecular weight excluding hydrogens is 267 g/mol. The minimum Gasteiger partial charge on any atom is -0.383 e. The molecule has 0 saturated heterocycles. The van der Waals surface area contributed by atoms with Gasteiger partial charge in [0.15, 0.2) is 0 Å². The van der Waals surface area contributed by atoms with Crippen molar-refractivity contribution in [3.05, 3.63) is 35.4 Å². The van der Waals surface area contributed by atoms with Gasteiger partial charge >= 0.3 is 0 Å². The molecule has 0 radical (unpaired) electrons. The normalized spacial score (nSPS) is 10.9. The molecule has 0 atom stereocenters. The van der Waals surface area contributed by atoms with Gasteiger partial charge in [-0.25, -0.2) is 9.37 Å². The lowest BCUT2D eigenvalue weighted by molar-refractivity contribution is 0.616. The zero-order valence-corrected chi connectivity index (χ0v) is 12.5. The number of halogens is 1. The van der Waals surface area contributed by atoms with E-state index in [1.165, 1.54) is 12.1 Å². The van der Waals surface area contributed by atoms with Crippen molar-refractivity contribution in [2.24, 2.45) is 0 Å². The average Bonchev–Trinajstić information content (AvgIpc) is 2.78. The third-order valence-corrected chi connectivity index (χ3v) is 3.36. The van der Waals surface area contributed by atoms with Gasteiger partial charge in [-0.2, -0.15) is 5.26 Å². The summed E-state index contributed by atoms with van der Waals surface area (Å²) in [5.41, 5.74) is 7.50. The highest BCUT2D eigenvalue weighted by molar-refractivity contribution is 5.72. The second-order valence-electron chi connectivity index (χ2n) is 5.32. The van der Waals surface area contributed by atoms with Crippen molar-refractivity contribution in [1.82, 2.24) is 9.55 Å². The van der Waals surface area contributed by atoms with E-state index in [2.05, 4.69) is 25.8 Å². The van der Waals surface area contributed by atoms with Crippen LogP contribution in [0.15, 0.2) is 18.2 Å². The first-order chi connectivity index (χ1) is 9.99. The molecule has 1 heterocycles. The number of hydrogen-bond donors (Lipinski definition) is 1. The van der Waals surface area contributed by atoms with Crippen LogP contribution in [0.1, 0.15) is 44.5 Å². The number of anilines is 1. The molecule has 4 nitrogen and oxygen atoms in total. The third kappa shape index (κ3) is 2.75. The van der Waals surface area contributed by atoms with Crippen molar-refractivity contribution in [2.75, 3.05) is 5.73 Å². The van der Waals surface area contributed by atoms with Gasteiger partial charge in [-0.05, 0) is 24.6 Å². The Balaban J connectivity index is 2.59. The first kappa shape index (κ1) is 15.0. The van der Waals surface area contributed by atoms with Gasteiger partial charge in [0.05, 0.1) is 5.56 Å². The molecule has 0 bridgehead atoms. The van der Waals surface area contributed by atoms with Crippen LogP contribution in [0.25, 0.3) is 11.3 Å². The largest absolute Gasteiger partial charge is 0.383 e. The standard InChI is InChI=1S/C16H19FN4/c1-4-7-21-15(19)14(20-16(21)10(2)3)11-5-6-13(17)12(8-11)9-18/h5-6,8,10H,4,7,19H2,1-3H3. The molecule has 21 heavy (non-hydrogen) atoms. The molecule has 2 aromatic rings. The number of nitriles is 1. The predicted octanol–water partition coefficient (Wildman–Crippen LogP) is 3.68. The molecule has 0 saturated carbocycles. The smallest absolute Gasteiger partial charge is 0.140 e. The van der Waals surface area contributed by atoms with Gasteiger partial charge in [0.2, 0.25) is 0 Å². The van der Waals surface area contributed by atoms with Gasteiger partial charge in [0.25, 0.3) is 0 Å². The highest BCUT2D eigenvalue weighted by Gasteiger charge is 2.18. The zero-order chi connectivity index (χ0) is 15.6. The van der Waals surface area contributed by atoms with Crippen LogP contribution in [0.3, 0.4) is 0 Å². The Labute approximate surface area is 124 Å². The number of nitrogens with two attached hydrogens (primary N) is 1. The van der Waals surface area contributed by atoms with Crippen LogP contribution >= 0.6 is 0 Å². The molecule has 0 spiro atoms. The monoisotopic (exact) mass is 286 g/mol. The van der Waals surface area contributed by atoms with Gasteiger partial charge < -0.3 is 10.3 Å². The lowest BCUT2D eigenvalue weighted by Crippen LogP contribution is -2.08. The molecule has 0 amide bonds. The van der Waals surface area contributed by atoms with Crippen LogP contribution in [-0.4, -0.2) is 9.55 Å². The second-order valence-corrected chi connectivity index (χ2v) is 5.32. The van der Waals surface area contributed by atoms with Crippen LogP contribution < -0.4 is 5.73 Å². The van der Waals surface area contributed by atoms with Gasteiger partial charge in [-0.15, -0.1) is 0 Å². The molecule has 2 N–H and O–H groups in total. The highest BCUT2D eigenvalue weighted by atomic mass is 19.1. The van der Waals surface area contributed by atoms with Gasteiger partial charge in [0, 0.05) is 18.0 Å². The quantitative estimate of drug-likeness (QED) is 0.932. The van der Waals surface area contributed by atoms with E-state index in [1.807, 2.05) is 10.6 Å². The molecule has 0 unspecified atom stereocenters. The summed E-state index contributed by atoms with van der Waals surface area (Å²) in [6.07, 6.45) is 0.951. The van der Waals surface area contributed by atoms with Gasteiger partial charge in [-0.1, -0.05) is 20.8 Å². The molecule has 0 aliphatic heterocycles. The van der Waals surface area contributed by atoms with E-state index in [4.69, 9.17) is 11.0 Å². The Kier molecular flexibility index (Phi) is 4.27. The summed E-state index contributed by atoms with van der Waals surface area (Å²) in [7, 11) is 0. The van der Waals surface area contributed by atoms with Crippen molar-refractivity contribution in [3.8, 4) is 17.3 Å². The minimum atomic E-state index is -0.531. The topological polar surface area (TPSA) is 67.6 Å². The number of nitrogens with zero attached hydrogens (tertiary/aromatic N) is 3. The van der Waals surface area contributed by atoms with E-state index in [9.17, 15) is 4.39 Å². The summed E-state index contributed by atoms with van der Waals surface area (Å²) >= 11 is 0. The lowest BCUT2D eigenvalue weighted by atomic mass is 10.1. The number of benzene rings is 1. The number of rotatable bonds is 4. The average molecular weight is 286 g/mol. The van der Waals surface area contributed by atoms with Gasteiger partial charge in [0.1, 0.15) is 29.2 Å². The molecule has 1 aromatic heterocycles. The summed E-state index contributed by atoms with van der Waals surface area (Å²) in [5.74, 6) is 1.18. The maximum absolute atomic E-state index is 13.4. The minimum absolute atomic E-state index is 0.00281. The fourth-order valence-corrected chi connectivity index (χ4v) is 2.35. The van der Waals surface area contributed by atoms with E-state index in [0.717, 1.165) is 18.8 Å². The fraction of sp³-hybridized carbons (Fsp3) is 0.375.